The minimum Gasteiger partial charge on any atom is -0.355 e. The molecule has 0 radical (unpaired) electrons. The largest absolute Gasteiger partial charge is 0.522 e. The highest BCUT2D eigenvalue weighted by Gasteiger charge is 2.29. The van der Waals surface area contributed by atoms with Gasteiger partial charge in [0.2, 0.25) is 5.91 Å². The maximum absolute atomic E-state index is 11.6. The fourth-order valence-electron chi connectivity index (χ4n) is 1.37. The lowest BCUT2D eigenvalue weighted by Gasteiger charge is -2.22. The third kappa shape index (κ3) is 4.98. The molecule has 15 heavy (non-hydrogen) atoms. The molecule has 88 valence electrons. The molecule has 1 aliphatic heterocycles. The number of rotatable bonds is 4. The van der Waals surface area contributed by atoms with Crippen molar-refractivity contribution in [3.8, 4) is 0 Å². The Bertz CT molecular complexity index is 220. The van der Waals surface area contributed by atoms with Crippen LogP contribution >= 0.6 is 0 Å². The molecule has 1 aliphatic rings. The van der Waals surface area contributed by atoms with Crippen LogP contribution in [0.2, 0.25) is 0 Å². The van der Waals surface area contributed by atoms with E-state index in [1.165, 1.54) is 0 Å². The Hall–Kier alpha value is -0.820. The lowest BCUT2D eigenvalue weighted by atomic mass is 10.1. The van der Waals surface area contributed by atoms with Crippen LogP contribution in [0, 0.1) is 0 Å². The minimum absolute atomic E-state index is 0.0115. The molecule has 0 aliphatic carbocycles. The van der Waals surface area contributed by atoms with Crippen molar-refractivity contribution < 1.29 is 22.7 Å². The summed E-state index contributed by atoms with van der Waals surface area (Å²) in [6, 6.07) is -0.393. The van der Waals surface area contributed by atoms with Gasteiger partial charge in [0.15, 0.2) is 0 Å². The molecule has 7 heteroatoms. The lowest BCUT2D eigenvalue weighted by molar-refractivity contribution is -0.323. The van der Waals surface area contributed by atoms with Crippen molar-refractivity contribution in [3.05, 3.63) is 0 Å². The van der Waals surface area contributed by atoms with E-state index in [0.29, 0.717) is 13.0 Å². The van der Waals surface area contributed by atoms with Gasteiger partial charge in [-0.3, -0.25) is 9.53 Å². The molecule has 0 aromatic rings. The smallest absolute Gasteiger partial charge is 0.355 e. The SMILES string of the molecule is O=C1NCCCC1NCCOC(F)(F)F. The molecule has 0 spiro atoms. The molecular weight excluding hydrogens is 213 g/mol. The quantitative estimate of drug-likeness (QED) is 0.682. The summed E-state index contributed by atoms with van der Waals surface area (Å²) < 4.78 is 38.3. The Kier molecular flexibility index (Phi) is 4.34. The van der Waals surface area contributed by atoms with E-state index in [-0.39, 0.29) is 12.5 Å². The van der Waals surface area contributed by atoms with Gasteiger partial charge in [0.25, 0.3) is 0 Å². The summed E-state index contributed by atoms with van der Waals surface area (Å²) in [6.45, 7) is 0.168. The van der Waals surface area contributed by atoms with Crippen molar-refractivity contribution in [2.75, 3.05) is 19.7 Å². The first-order chi connectivity index (χ1) is 6.99. The molecule has 1 fully saturated rings. The van der Waals surface area contributed by atoms with E-state index in [1.54, 1.807) is 0 Å². The van der Waals surface area contributed by atoms with Crippen molar-refractivity contribution in [3.63, 3.8) is 0 Å². The molecule has 1 rings (SSSR count). The number of amides is 1. The van der Waals surface area contributed by atoms with Gasteiger partial charge in [-0.25, -0.2) is 0 Å². The summed E-state index contributed by atoms with van der Waals surface area (Å²) in [5.41, 5.74) is 0. The molecule has 1 unspecified atom stereocenters. The standard InChI is InChI=1S/C8H13F3N2O2/c9-8(10,11)15-5-4-12-6-2-1-3-13-7(6)14/h6,12H,1-5H2,(H,13,14). The van der Waals surface area contributed by atoms with Crippen molar-refractivity contribution in [2.45, 2.75) is 25.2 Å². The van der Waals surface area contributed by atoms with Gasteiger partial charge in [-0.1, -0.05) is 0 Å². The summed E-state index contributed by atoms with van der Waals surface area (Å²) in [7, 11) is 0. The highest BCUT2D eigenvalue weighted by atomic mass is 19.4. The number of alkyl halides is 3. The zero-order chi connectivity index (χ0) is 11.3. The number of hydrogen-bond acceptors (Lipinski definition) is 3. The second-order valence-corrected chi connectivity index (χ2v) is 3.23. The van der Waals surface area contributed by atoms with Crippen LogP contribution < -0.4 is 10.6 Å². The average Bonchev–Trinajstić information content (AvgIpc) is 2.13. The molecule has 1 saturated heterocycles. The molecular formula is C8H13F3N2O2. The maximum atomic E-state index is 11.6. The third-order valence-electron chi connectivity index (χ3n) is 2.04. The fraction of sp³-hybridized carbons (Fsp3) is 0.875. The summed E-state index contributed by atoms with van der Waals surface area (Å²) in [6.07, 6.45) is -3.11. The highest BCUT2D eigenvalue weighted by molar-refractivity contribution is 5.82. The van der Waals surface area contributed by atoms with Gasteiger partial charge in [-0.2, -0.15) is 0 Å². The maximum Gasteiger partial charge on any atom is 0.522 e. The number of nitrogens with one attached hydrogen (secondary N) is 2. The number of carbonyl (C=O) groups excluding carboxylic acids is 1. The summed E-state index contributed by atoms with van der Waals surface area (Å²) >= 11 is 0. The van der Waals surface area contributed by atoms with E-state index in [0.717, 1.165) is 6.42 Å². The topological polar surface area (TPSA) is 50.4 Å². The monoisotopic (exact) mass is 226 g/mol. The molecule has 0 aromatic carbocycles. The first-order valence-corrected chi connectivity index (χ1v) is 4.71. The van der Waals surface area contributed by atoms with Crippen LogP contribution in [0.15, 0.2) is 0 Å². The molecule has 0 aromatic heterocycles. The Morgan fingerprint density at radius 3 is 2.87 bits per heavy atom. The van der Waals surface area contributed by atoms with Crippen LogP contribution in [0.5, 0.6) is 0 Å². The number of ether oxygens (including phenoxy) is 1. The second-order valence-electron chi connectivity index (χ2n) is 3.23. The Morgan fingerprint density at radius 2 is 2.27 bits per heavy atom. The van der Waals surface area contributed by atoms with Crippen molar-refractivity contribution >= 4 is 5.91 Å². The third-order valence-corrected chi connectivity index (χ3v) is 2.04. The van der Waals surface area contributed by atoms with Crippen LogP contribution in [-0.2, 0) is 9.53 Å². The van der Waals surface area contributed by atoms with Gasteiger partial charge in [-0.15, -0.1) is 13.2 Å². The molecule has 4 nitrogen and oxygen atoms in total. The number of hydrogen-bond donors (Lipinski definition) is 2. The summed E-state index contributed by atoms with van der Waals surface area (Å²) in [5, 5.41) is 5.33. The molecule has 1 heterocycles. The van der Waals surface area contributed by atoms with E-state index in [2.05, 4.69) is 15.4 Å². The molecule has 2 N–H and O–H groups in total. The van der Waals surface area contributed by atoms with Gasteiger partial charge in [0.05, 0.1) is 12.6 Å². The Balaban J connectivity index is 2.11. The number of carbonyl (C=O) groups is 1. The minimum atomic E-state index is -4.60. The van der Waals surface area contributed by atoms with Crippen molar-refractivity contribution in [1.29, 1.82) is 0 Å². The van der Waals surface area contributed by atoms with E-state index >= 15 is 0 Å². The fourth-order valence-corrected chi connectivity index (χ4v) is 1.37. The van der Waals surface area contributed by atoms with Crippen molar-refractivity contribution in [1.82, 2.24) is 10.6 Å². The molecule has 0 saturated carbocycles. The molecule has 1 atom stereocenters. The summed E-state index contributed by atoms with van der Waals surface area (Å²) in [4.78, 5) is 11.1. The average molecular weight is 226 g/mol. The van der Waals surface area contributed by atoms with Gasteiger partial charge < -0.3 is 10.6 Å². The molecule has 0 bridgehead atoms. The molecule has 1 amide bonds. The van der Waals surface area contributed by atoms with E-state index < -0.39 is 19.0 Å². The normalized spacial score (nSPS) is 22.6. The highest BCUT2D eigenvalue weighted by Crippen LogP contribution is 2.15. The van der Waals surface area contributed by atoms with Crippen LogP contribution in [0.1, 0.15) is 12.8 Å². The number of halogens is 3. The zero-order valence-electron chi connectivity index (χ0n) is 8.06. The van der Waals surface area contributed by atoms with Gasteiger partial charge >= 0.3 is 6.36 Å². The second kappa shape index (κ2) is 5.32. The number of piperidine rings is 1. The zero-order valence-corrected chi connectivity index (χ0v) is 8.06. The van der Waals surface area contributed by atoms with E-state index in [9.17, 15) is 18.0 Å². The Morgan fingerprint density at radius 1 is 1.53 bits per heavy atom. The van der Waals surface area contributed by atoms with Crippen molar-refractivity contribution in [2.24, 2.45) is 0 Å². The van der Waals surface area contributed by atoms with E-state index in [1.807, 2.05) is 0 Å². The first-order valence-electron chi connectivity index (χ1n) is 4.71. The Labute approximate surface area is 85.2 Å². The predicted octanol–water partition coefficient (Wildman–Crippen LogP) is 0.391. The van der Waals surface area contributed by atoms with Crippen LogP contribution in [0.25, 0.3) is 0 Å². The van der Waals surface area contributed by atoms with Gasteiger partial charge in [0.1, 0.15) is 0 Å². The van der Waals surface area contributed by atoms with Crippen LogP contribution in [0.3, 0.4) is 0 Å². The van der Waals surface area contributed by atoms with Crippen LogP contribution in [-0.4, -0.2) is 38.0 Å². The van der Waals surface area contributed by atoms with Gasteiger partial charge in [-0.05, 0) is 12.8 Å². The lowest BCUT2D eigenvalue weighted by Crippen LogP contribution is -2.49. The van der Waals surface area contributed by atoms with E-state index in [4.69, 9.17) is 0 Å². The van der Waals surface area contributed by atoms with Gasteiger partial charge in [0, 0.05) is 13.1 Å². The first kappa shape index (κ1) is 12.3. The predicted molar refractivity (Wildman–Crippen MR) is 46.0 cm³/mol. The van der Waals surface area contributed by atoms with Crippen LogP contribution in [0.4, 0.5) is 13.2 Å². The summed E-state index contributed by atoms with van der Waals surface area (Å²) in [5.74, 6) is -0.159.